The largest absolute Gasteiger partial charge is 0.416 e. The van der Waals surface area contributed by atoms with Crippen molar-refractivity contribution >= 4 is 33.4 Å². The minimum Gasteiger partial charge on any atom is -0.383 e. The number of aromatic nitrogens is 2. The zero-order valence-electron chi connectivity index (χ0n) is 19.6. The van der Waals surface area contributed by atoms with Crippen molar-refractivity contribution < 1.29 is 18.0 Å². The van der Waals surface area contributed by atoms with Gasteiger partial charge in [-0.25, -0.2) is 4.98 Å². The number of carbonyl (C=O) groups excluding carboxylic acids is 1. The lowest BCUT2D eigenvalue weighted by atomic mass is 9.84. The quantitative estimate of drug-likeness (QED) is 0.340. The zero-order chi connectivity index (χ0) is 25.0. The van der Waals surface area contributed by atoms with E-state index in [1.165, 1.54) is 6.07 Å². The van der Waals surface area contributed by atoms with Gasteiger partial charge in [-0.2, -0.15) is 13.2 Å². The summed E-state index contributed by atoms with van der Waals surface area (Å²) in [5.41, 5.74) is 8.19. The summed E-state index contributed by atoms with van der Waals surface area (Å²) in [4.78, 5) is 24.6. The number of fused-ring (bicyclic) bond motifs is 4. The van der Waals surface area contributed by atoms with Crippen LogP contribution in [0.25, 0.3) is 21.7 Å². The van der Waals surface area contributed by atoms with Crippen LogP contribution in [0.1, 0.15) is 58.8 Å². The van der Waals surface area contributed by atoms with Crippen molar-refractivity contribution in [3.63, 3.8) is 0 Å². The maximum Gasteiger partial charge on any atom is 0.416 e. The minimum atomic E-state index is -4.38. The maximum absolute atomic E-state index is 14.0. The molecule has 1 amide bonds. The molecule has 0 spiro atoms. The first-order chi connectivity index (χ1) is 17.3. The van der Waals surface area contributed by atoms with Gasteiger partial charge in [-0.3, -0.25) is 9.78 Å². The summed E-state index contributed by atoms with van der Waals surface area (Å²) in [7, 11) is 0. The van der Waals surface area contributed by atoms with Gasteiger partial charge in [0.1, 0.15) is 5.82 Å². The molecular formula is C28H25F3N4O. The molecule has 5 nitrogen and oxygen atoms in total. The van der Waals surface area contributed by atoms with Gasteiger partial charge in [0.15, 0.2) is 0 Å². The number of nitrogens with zero attached hydrogens (tertiary/aromatic N) is 3. The number of aryl methyl sites for hydroxylation is 1. The standard InChI is InChI=1S/C28H25F3N4O/c29-28(30,31)19-6-7-20-17(12-19)5-9-25(20)35(15-16-2-1-3-16)27(36)18-4-8-24-22(13-18)23-14-33-11-10-21(23)26(32)34-24/h4,6-8,10-14,16,25H,1-3,5,9,15H2,(H2,32,34). The Morgan fingerprint density at radius 3 is 2.61 bits per heavy atom. The van der Waals surface area contributed by atoms with Crippen molar-refractivity contribution in [1.29, 1.82) is 0 Å². The van der Waals surface area contributed by atoms with Crippen LogP contribution in [0.5, 0.6) is 0 Å². The third kappa shape index (κ3) is 3.85. The monoisotopic (exact) mass is 490 g/mol. The molecule has 0 saturated heterocycles. The van der Waals surface area contributed by atoms with E-state index in [4.69, 9.17) is 5.73 Å². The molecule has 2 aromatic heterocycles. The molecule has 0 bridgehead atoms. The maximum atomic E-state index is 14.0. The number of nitrogens with two attached hydrogens (primary N) is 1. The van der Waals surface area contributed by atoms with Crippen LogP contribution in [0, 0.1) is 5.92 Å². The van der Waals surface area contributed by atoms with Crippen LogP contribution in [-0.4, -0.2) is 27.3 Å². The van der Waals surface area contributed by atoms with Crippen molar-refractivity contribution in [2.24, 2.45) is 5.92 Å². The van der Waals surface area contributed by atoms with E-state index in [9.17, 15) is 18.0 Å². The lowest BCUT2D eigenvalue weighted by Crippen LogP contribution is -2.39. The first kappa shape index (κ1) is 22.8. The smallest absolute Gasteiger partial charge is 0.383 e. The first-order valence-corrected chi connectivity index (χ1v) is 12.2. The van der Waals surface area contributed by atoms with Crippen LogP contribution < -0.4 is 5.73 Å². The number of hydrogen-bond donors (Lipinski definition) is 1. The van der Waals surface area contributed by atoms with Gasteiger partial charge in [0.25, 0.3) is 5.91 Å². The number of amides is 1. The number of benzene rings is 2. The molecule has 36 heavy (non-hydrogen) atoms. The third-order valence-electron chi connectivity index (χ3n) is 7.70. The van der Waals surface area contributed by atoms with Gasteiger partial charge in [-0.15, -0.1) is 0 Å². The molecule has 8 heteroatoms. The Morgan fingerprint density at radius 2 is 1.86 bits per heavy atom. The van der Waals surface area contributed by atoms with E-state index in [0.29, 0.717) is 47.8 Å². The fourth-order valence-electron chi connectivity index (χ4n) is 5.57. The van der Waals surface area contributed by atoms with E-state index in [2.05, 4.69) is 9.97 Å². The topological polar surface area (TPSA) is 72.1 Å². The Morgan fingerprint density at radius 1 is 1.03 bits per heavy atom. The summed E-state index contributed by atoms with van der Waals surface area (Å²) in [6.07, 6.45) is 3.41. The molecule has 4 aromatic rings. The Kier molecular flexibility index (Phi) is 5.35. The van der Waals surface area contributed by atoms with Crippen LogP contribution in [-0.2, 0) is 12.6 Å². The number of anilines is 1. The van der Waals surface area contributed by atoms with Gasteiger partial charge in [0.05, 0.1) is 17.1 Å². The Bertz CT molecular complexity index is 1500. The van der Waals surface area contributed by atoms with Gasteiger partial charge in [0, 0.05) is 40.7 Å². The Hall–Kier alpha value is -3.68. The third-order valence-corrected chi connectivity index (χ3v) is 7.70. The van der Waals surface area contributed by atoms with Gasteiger partial charge in [-0.1, -0.05) is 12.5 Å². The summed E-state index contributed by atoms with van der Waals surface area (Å²) in [6.45, 7) is 0.601. The van der Waals surface area contributed by atoms with Gasteiger partial charge >= 0.3 is 6.18 Å². The van der Waals surface area contributed by atoms with Crippen LogP contribution >= 0.6 is 0 Å². The van der Waals surface area contributed by atoms with E-state index < -0.39 is 11.7 Å². The molecule has 1 unspecified atom stereocenters. The van der Waals surface area contributed by atoms with Crippen LogP contribution in [0.15, 0.2) is 54.9 Å². The highest BCUT2D eigenvalue weighted by Gasteiger charge is 2.37. The van der Waals surface area contributed by atoms with Crippen molar-refractivity contribution in [2.75, 3.05) is 12.3 Å². The van der Waals surface area contributed by atoms with Crippen molar-refractivity contribution in [2.45, 2.75) is 44.3 Å². The second kappa shape index (κ2) is 8.47. The van der Waals surface area contributed by atoms with Gasteiger partial charge < -0.3 is 10.6 Å². The van der Waals surface area contributed by atoms with E-state index in [0.717, 1.165) is 47.1 Å². The second-order valence-corrected chi connectivity index (χ2v) is 9.87. The van der Waals surface area contributed by atoms with Crippen LogP contribution in [0.3, 0.4) is 0 Å². The summed E-state index contributed by atoms with van der Waals surface area (Å²) in [6, 6.07) is 10.9. The highest BCUT2D eigenvalue weighted by atomic mass is 19.4. The number of hydrogen-bond acceptors (Lipinski definition) is 4. The molecule has 184 valence electrons. The SMILES string of the molecule is Nc1nc2ccc(C(=O)N(CC3CCC3)C3CCc4cc(C(F)(F)F)ccc43)cc2c2cnccc12. The minimum absolute atomic E-state index is 0.115. The van der Waals surface area contributed by atoms with E-state index >= 15 is 0 Å². The van der Waals surface area contributed by atoms with E-state index in [1.807, 2.05) is 11.0 Å². The summed E-state index contributed by atoms with van der Waals surface area (Å²) < 4.78 is 39.8. The molecule has 2 N–H and O–H groups in total. The van der Waals surface area contributed by atoms with Crippen molar-refractivity contribution in [1.82, 2.24) is 14.9 Å². The average molecular weight is 491 g/mol. The van der Waals surface area contributed by atoms with Crippen molar-refractivity contribution in [3.05, 3.63) is 77.1 Å². The fraction of sp³-hybridized carbons (Fsp3) is 0.321. The lowest BCUT2D eigenvalue weighted by molar-refractivity contribution is -0.137. The number of rotatable bonds is 4. The molecule has 2 aromatic carbocycles. The molecule has 0 radical (unpaired) electrons. The number of alkyl halides is 3. The highest BCUT2D eigenvalue weighted by Crippen LogP contribution is 2.41. The lowest BCUT2D eigenvalue weighted by Gasteiger charge is -2.36. The molecule has 0 aliphatic heterocycles. The molecular weight excluding hydrogens is 465 g/mol. The molecule has 1 fully saturated rings. The molecule has 1 saturated carbocycles. The Balaban J connectivity index is 1.40. The predicted molar refractivity (Wildman–Crippen MR) is 132 cm³/mol. The van der Waals surface area contributed by atoms with Crippen LogP contribution in [0.2, 0.25) is 0 Å². The molecule has 1 atom stereocenters. The second-order valence-electron chi connectivity index (χ2n) is 9.87. The van der Waals surface area contributed by atoms with E-state index in [1.54, 1.807) is 36.7 Å². The molecule has 2 heterocycles. The van der Waals surface area contributed by atoms with E-state index in [-0.39, 0.29) is 11.9 Å². The normalized spacial score (nSPS) is 17.8. The number of pyridine rings is 2. The molecule has 6 rings (SSSR count). The molecule has 2 aliphatic rings. The average Bonchev–Trinajstić information content (AvgIpc) is 3.26. The number of nitrogen functional groups attached to an aromatic ring is 1. The predicted octanol–water partition coefficient (Wildman–Crippen LogP) is 6.31. The summed E-state index contributed by atoms with van der Waals surface area (Å²) in [5, 5.41) is 2.40. The van der Waals surface area contributed by atoms with Gasteiger partial charge in [-0.05, 0) is 79.1 Å². The first-order valence-electron chi connectivity index (χ1n) is 12.2. The van der Waals surface area contributed by atoms with Crippen LogP contribution in [0.4, 0.5) is 19.0 Å². The Labute approximate surface area is 206 Å². The fourth-order valence-corrected chi connectivity index (χ4v) is 5.57. The zero-order valence-corrected chi connectivity index (χ0v) is 19.6. The van der Waals surface area contributed by atoms with Crippen molar-refractivity contribution in [3.8, 4) is 0 Å². The summed E-state index contributed by atoms with van der Waals surface area (Å²) in [5.74, 6) is 0.709. The number of carbonyl (C=O) groups is 1. The highest BCUT2D eigenvalue weighted by molar-refractivity contribution is 6.11. The van der Waals surface area contributed by atoms with Gasteiger partial charge in [0.2, 0.25) is 0 Å². The number of halogens is 3. The molecule has 2 aliphatic carbocycles. The summed E-state index contributed by atoms with van der Waals surface area (Å²) >= 11 is 0.